The second kappa shape index (κ2) is 10.3. The number of carbonyl (C=O) groups is 2. The predicted octanol–water partition coefficient (Wildman–Crippen LogP) is 1.91. The number of carbonyl (C=O) groups excluding carboxylic acids is 2. The molecule has 2 aliphatic rings. The number of urea groups is 1. The standard InChI is InChI=1S/C20H30N4O3/c25-19(7-4-10-23-13-15-27-16-14-23)24-11-8-18(9-12-24)22-20(26)21-17-5-2-1-3-6-17/h1-3,5-6,18H,4,7-16H2,(H2,21,22,26). The zero-order valence-electron chi connectivity index (χ0n) is 15.9. The summed E-state index contributed by atoms with van der Waals surface area (Å²) in [6.45, 7) is 5.93. The average Bonchev–Trinajstić information content (AvgIpc) is 2.70. The van der Waals surface area contributed by atoms with Crippen LogP contribution in [0.3, 0.4) is 0 Å². The molecule has 2 fully saturated rings. The van der Waals surface area contributed by atoms with E-state index >= 15 is 0 Å². The highest BCUT2D eigenvalue weighted by Crippen LogP contribution is 2.13. The van der Waals surface area contributed by atoms with Crippen LogP contribution >= 0.6 is 0 Å². The lowest BCUT2D eigenvalue weighted by Crippen LogP contribution is -2.47. The van der Waals surface area contributed by atoms with E-state index in [0.29, 0.717) is 19.5 Å². The quantitative estimate of drug-likeness (QED) is 0.798. The Labute approximate surface area is 161 Å². The van der Waals surface area contributed by atoms with Crippen molar-refractivity contribution >= 4 is 17.6 Å². The molecule has 0 aliphatic carbocycles. The maximum Gasteiger partial charge on any atom is 0.319 e. The molecule has 1 aromatic carbocycles. The van der Waals surface area contributed by atoms with Crippen LogP contribution < -0.4 is 10.6 Å². The van der Waals surface area contributed by atoms with Gasteiger partial charge in [-0.2, -0.15) is 0 Å². The molecule has 7 heteroatoms. The molecule has 0 radical (unpaired) electrons. The molecule has 3 amide bonds. The topological polar surface area (TPSA) is 73.9 Å². The number of ether oxygens (including phenoxy) is 1. The first-order valence-corrected chi connectivity index (χ1v) is 9.91. The van der Waals surface area contributed by atoms with Crippen molar-refractivity contribution in [1.29, 1.82) is 0 Å². The van der Waals surface area contributed by atoms with Gasteiger partial charge in [0.25, 0.3) is 0 Å². The summed E-state index contributed by atoms with van der Waals surface area (Å²) in [6.07, 6.45) is 3.11. The van der Waals surface area contributed by atoms with Crippen LogP contribution in [0.15, 0.2) is 30.3 Å². The Kier molecular flexibility index (Phi) is 7.47. The van der Waals surface area contributed by atoms with Crippen LogP contribution in [-0.4, -0.2) is 73.7 Å². The highest BCUT2D eigenvalue weighted by molar-refractivity contribution is 5.89. The Bertz CT molecular complexity index is 597. The van der Waals surface area contributed by atoms with Gasteiger partial charge in [-0.1, -0.05) is 18.2 Å². The van der Waals surface area contributed by atoms with Crippen molar-refractivity contribution in [1.82, 2.24) is 15.1 Å². The van der Waals surface area contributed by atoms with E-state index in [4.69, 9.17) is 4.74 Å². The highest BCUT2D eigenvalue weighted by atomic mass is 16.5. The fourth-order valence-corrected chi connectivity index (χ4v) is 3.58. The summed E-state index contributed by atoms with van der Waals surface area (Å²) in [5.41, 5.74) is 0.780. The number of amides is 3. The number of piperidine rings is 1. The molecule has 1 aromatic rings. The van der Waals surface area contributed by atoms with E-state index in [1.54, 1.807) is 0 Å². The summed E-state index contributed by atoms with van der Waals surface area (Å²) in [5.74, 6) is 0.232. The van der Waals surface area contributed by atoms with Gasteiger partial charge in [-0.3, -0.25) is 9.69 Å². The Hall–Kier alpha value is -2.12. The smallest absolute Gasteiger partial charge is 0.319 e. The van der Waals surface area contributed by atoms with E-state index in [0.717, 1.165) is 57.8 Å². The Balaban J connectivity index is 1.30. The number of nitrogens with one attached hydrogen (secondary N) is 2. The molecular formula is C20H30N4O3. The van der Waals surface area contributed by atoms with Gasteiger partial charge in [0.2, 0.25) is 5.91 Å². The van der Waals surface area contributed by atoms with Crippen LogP contribution in [0.25, 0.3) is 0 Å². The maximum absolute atomic E-state index is 12.4. The van der Waals surface area contributed by atoms with Gasteiger partial charge in [-0.05, 0) is 37.9 Å². The number of anilines is 1. The number of para-hydroxylation sites is 1. The zero-order chi connectivity index (χ0) is 18.9. The van der Waals surface area contributed by atoms with E-state index in [-0.39, 0.29) is 18.0 Å². The first kappa shape index (κ1) is 19.6. The second-order valence-electron chi connectivity index (χ2n) is 7.18. The van der Waals surface area contributed by atoms with Crippen molar-refractivity contribution in [2.24, 2.45) is 0 Å². The SMILES string of the molecule is O=C(Nc1ccccc1)NC1CCN(C(=O)CCCN2CCOCC2)CC1. The van der Waals surface area contributed by atoms with Crippen LogP contribution in [0.2, 0.25) is 0 Å². The van der Waals surface area contributed by atoms with Crippen LogP contribution in [0.5, 0.6) is 0 Å². The zero-order valence-corrected chi connectivity index (χ0v) is 15.9. The Morgan fingerprint density at radius 2 is 1.74 bits per heavy atom. The number of likely N-dealkylation sites (tertiary alicyclic amines) is 1. The van der Waals surface area contributed by atoms with Gasteiger partial charge >= 0.3 is 6.03 Å². The van der Waals surface area contributed by atoms with Gasteiger partial charge in [-0.15, -0.1) is 0 Å². The van der Waals surface area contributed by atoms with Crippen LogP contribution in [0, 0.1) is 0 Å². The molecule has 0 saturated carbocycles. The van der Waals surface area contributed by atoms with Gasteiger partial charge in [0.05, 0.1) is 13.2 Å². The molecule has 148 valence electrons. The molecule has 27 heavy (non-hydrogen) atoms. The normalized spacial score (nSPS) is 18.9. The second-order valence-corrected chi connectivity index (χ2v) is 7.18. The minimum atomic E-state index is -0.184. The molecule has 2 heterocycles. The molecule has 2 saturated heterocycles. The first-order chi connectivity index (χ1) is 13.2. The van der Waals surface area contributed by atoms with Crippen molar-refractivity contribution in [3.8, 4) is 0 Å². The number of rotatable bonds is 6. The minimum Gasteiger partial charge on any atom is -0.379 e. The number of hydrogen-bond donors (Lipinski definition) is 2. The van der Waals surface area contributed by atoms with E-state index in [9.17, 15) is 9.59 Å². The fourth-order valence-electron chi connectivity index (χ4n) is 3.58. The molecule has 0 bridgehead atoms. The molecule has 7 nitrogen and oxygen atoms in total. The van der Waals surface area contributed by atoms with E-state index in [2.05, 4.69) is 15.5 Å². The predicted molar refractivity (Wildman–Crippen MR) is 105 cm³/mol. The maximum atomic E-state index is 12.4. The van der Waals surface area contributed by atoms with Crippen LogP contribution in [0.4, 0.5) is 10.5 Å². The summed E-state index contributed by atoms with van der Waals surface area (Å²) >= 11 is 0. The van der Waals surface area contributed by atoms with Crippen molar-refractivity contribution in [2.75, 3.05) is 51.3 Å². The molecular weight excluding hydrogens is 344 g/mol. The fraction of sp³-hybridized carbons (Fsp3) is 0.600. The first-order valence-electron chi connectivity index (χ1n) is 9.91. The van der Waals surface area contributed by atoms with Gasteiger partial charge in [-0.25, -0.2) is 4.79 Å². The molecule has 0 unspecified atom stereocenters. The van der Waals surface area contributed by atoms with Crippen molar-refractivity contribution < 1.29 is 14.3 Å². The van der Waals surface area contributed by atoms with Crippen LogP contribution in [-0.2, 0) is 9.53 Å². The van der Waals surface area contributed by atoms with E-state index in [1.165, 1.54) is 0 Å². The summed E-state index contributed by atoms with van der Waals surface area (Å²) in [5, 5.41) is 5.84. The molecule has 0 aromatic heterocycles. The largest absolute Gasteiger partial charge is 0.379 e. The minimum absolute atomic E-state index is 0.117. The van der Waals surface area contributed by atoms with Gasteiger partial charge in [0.15, 0.2) is 0 Å². The van der Waals surface area contributed by atoms with Crippen molar-refractivity contribution in [2.45, 2.75) is 31.7 Å². The lowest BCUT2D eigenvalue weighted by atomic mass is 10.0. The third kappa shape index (κ3) is 6.52. The molecule has 0 spiro atoms. The average molecular weight is 374 g/mol. The van der Waals surface area contributed by atoms with E-state index in [1.807, 2.05) is 35.2 Å². The molecule has 3 rings (SSSR count). The number of hydrogen-bond acceptors (Lipinski definition) is 4. The van der Waals surface area contributed by atoms with Crippen molar-refractivity contribution in [3.05, 3.63) is 30.3 Å². The number of morpholine rings is 1. The van der Waals surface area contributed by atoms with Gasteiger partial charge in [0, 0.05) is 44.3 Å². The third-order valence-corrected chi connectivity index (χ3v) is 5.18. The van der Waals surface area contributed by atoms with E-state index < -0.39 is 0 Å². The summed E-state index contributed by atoms with van der Waals surface area (Å²) in [6, 6.07) is 9.34. The Morgan fingerprint density at radius 1 is 1.04 bits per heavy atom. The Morgan fingerprint density at radius 3 is 2.44 bits per heavy atom. The number of benzene rings is 1. The molecule has 0 atom stereocenters. The van der Waals surface area contributed by atoms with Crippen LogP contribution in [0.1, 0.15) is 25.7 Å². The summed E-state index contributed by atoms with van der Waals surface area (Å²) < 4.78 is 5.34. The monoisotopic (exact) mass is 374 g/mol. The van der Waals surface area contributed by atoms with Gasteiger partial charge in [0.1, 0.15) is 0 Å². The van der Waals surface area contributed by atoms with Gasteiger partial charge < -0.3 is 20.3 Å². The lowest BCUT2D eigenvalue weighted by Gasteiger charge is -2.33. The lowest BCUT2D eigenvalue weighted by molar-refractivity contribution is -0.132. The third-order valence-electron chi connectivity index (χ3n) is 5.18. The highest BCUT2D eigenvalue weighted by Gasteiger charge is 2.23. The summed E-state index contributed by atoms with van der Waals surface area (Å²) in [7, 11) is 0. The summed E-state index contributed by atoms with van der Waals surface area (Å²) in [4.78, 5) is 28.8. The molecule has 2 aliphatic heterocycles. The van der Waals surface area contributed by atoms with Crippen molar-refractivity contribution in [3.63, 3.8) is 0 Å². The molecule has 2 N–H and O–H groups in total. The number of nitrogens with zero attached hydrogens (tertiary/aromatic N) is 2.